The van der Waals surface area contributed by atoms with E-state index in [1.807, 2.05) is 23.1 Å². The SMILES string of the molecule is C=CCSc1nnc(NC(=O)c2cccc(CN3CCCC3=O)c2)s1. The van der Waals surface area contributed by atoms with Gasteiger partial charge in [-0.3, -0.25) is 14.9 Å². The quantitative estimate of drug-likeness (QED) is 0.458. The molecule has 0 spiro atoms. The second-order valence-corrected chi connectivity index (χ2v) is 7.79. The molecule has 2 aromatic rings. The van der Waals surface area contributed by atoms with Crippen LogP contribution >= 0.6 is 23.1 Å². The molecule has 2 heterocycles. The minimum Gasteiger partial charge on any atom is -0.338 e. The van der Waals surface area contributed by atoms with Crippen LogP contribution in [0.25, 0.3) is 0 Å². The average molecular weight is 374 g/mol. The van der Waals surface area contributed by atoms with Crippen molar-refractivity contribution >= 4 is 40.0 Å². The average Bonchev–Trinajstić information content (AvgIpc) is 3.22. The Balaban J connectivity index is 1.63. The predicted octanol–water partition coefficient (Wildman–Crippen LogP) is 3.19. The molecule has 0 bridgehead atoms. The summed E-state index contributed by atoms with van der Waals surface area (Å²) < 4.78 is 0.788. The van der Waals surface area contributed by atoms with E-state index in [2.05, 4.69) is 22.1 Å². The molecule has 25 heavy (non-hydrogen) atoms. The fourth-order valence-corrected chi connectivity index (χ4v) is 4.03. The highest BCUT2D eigenvalue weighted by Crippen LogP contribution is 2.25. The number of aromatic nitrogens is 2. The third kappa shape index (κ3) is 4.67. The summed E-state index contributed by atoms with van der Waals surface area (Å²) in [7, 11) is 0. The minimum atomic E-state index is -0.231. The van der Waals surface area contributed by atoms with Gasteiger partial charge in [0.05, 0.1) is 0 Å². The molecule has 8 heteroatoms. The molecule has 1 fully saturated rings. The molecular formula is C17H18N4O2S2. The molecular weight excluding hydrogens is 356 g/mol. The maximum atomic E-state index is 12.4. The first-order valence-corrected chi connectivity index (χ1v) is 9.71. The number of likely N-dealkylation sites (tertiary alicyclic amines) is 1. The second-order valence-electron chi connectivity index (χ2n) is 5.55. The number of hydrogen-bond donors (Lipinski definition) is 1. The topological polar surface area (TPSA) is 75.2 Å². The summed E-state index contributed by atoms with van der Waals surface area (Å²) >= 11 is 2.86. The Kier molecular flexibility index (Phi) is 5.83. The van der Waals surface area contributed by atoms with Crippen LogP contribution in [-0.2, 0) is 11.3 Å². The van der Waals surface area contributed by atoms with Gasteiger partial charge in [0, 0.05) is 30.8 Å². The molecule has 0 radical (unpaired) electrons. The maximum absolute atomic E-state index is 12.4. The third-order valence-corrected chi connectivity index (χ3v) is 5.65. The number of carbonyl (C=O) groups is 2. The van der Waals surface area contributed by atoms with Crippen molar-refractivity contribution in [3.8, 4) is 0 Å². The molecule has 1 saturated heterocycles. The number of nitrogens with zero attached hydrogens (tertiary/aromatic N) is 3. The highest BCUT2D eigenvalue weighted by atomic mass is 32.2. The second kappa shape index (κ2) is 8.26. The van der Waals surface area contributed by atoms with Gasteiger partial charge < -0.3 is 4.90 Å². The molecule has 0 aliphatic carbocycles. The smallest absolute Gasteiger partial charge is 0.257 e. The molecule has 6 nitrogen and oxygen atoms in total. The van der Waals surface area contributed by atoms with Gasteiger partial charge >= 0.3 is 0 Å². The lowest BCUT2D eigenvalue weighted by Crippen LogP contribution is -2.24. The summed E-state index contributed by atoms with van der Waals surface area (Å²) in [4.78, 5) is 26.0. The Morgan fingerprint density at radius 2 is 2.32 bits per heavy atom. The third-order valence-electron chi connectivity index (χ3n) is 3.69. The summed E-state index contributed by atoms with van der Waals surface area (Å²) in [5.74, 6) is 0.694. The van der Waals surface area contributed by atoms with Crippen molar-refractivity contribution in [3.63, 3.8) is 0 Å². The van der Waals surface area contributed by atoms with Crippen LogP contribution in [0.5, 0.6) is 0 Å². The van der Waals surface area contributed by atoms with E-state index >= 15 is 0 Å². The van der Waals surface area contributed by atoms with Crippen molar-refractivity contribution in [3.05, 3.63) is 48.0 Å². The van der Waals surface area contributed by atoms with Gasteiger partial charge in [0.1, 0.15) is 0 Å². The molecule has 1 aromatic heterocycles. The summed E-state index contributed by atoms with van der Waals surface area (Å²) in [6, 6.07) is 7.32. The monoisotopic (exact) mass is 374 g/mol. The molecule has 0 atom stereocenters. The van der Waals surface area contributed by atoms with Crippen LogP contribution in [-0.4, -0.2) is 39.2 Å². The zero-order chi connectivity index (χ0) is 17.6. The Morgan fingerprint density at radius 3 is 3.08 bits per heavy atom. The zero-order valence-electron chi connectivity index (χ0n) is 13.6. The van der Waals surface area contributed by atoms with Crippen LogP contribution in [0.2, 0.25) is 0 Å². The van der Waals surface area contributed by atoms with Gasteiger partial charge in [-0.25, -0.2) is 0 Å². The molecule has 0 saturated carbocycles. The molecule has 2 amide bonds. The van der Waals surface area contributed by atoms with E-state index in [0.29, 0.717) is 23.7 Å². The molecule has 1 N–H and O–H groups in total. The molecule has 1 aliphatic rings. The van der Waals surface area contributed by atoms with E-state index in [4.69, 9.17) is 0 Å². The molecule has 3 rings (SSSR count). The van der Waals surface area contributed by atoms with E-state index in [1.165, 1.54) is 23.1 Å². The summed E-state index contributed by atoms with van der Waals surface area (Å²) in [5, 5.41) is 11.2. The molecule has 0 unspecified atom stereocenters. The number of anilines is 1. The first-order chi connectivity index (χ1) is 12.2. The minimum absolute atomic E-state index is 0.174. The molecule has 1 aromatic carbocycles. The fraction of sp³-hybridized carbons (Fsp3) is 0.294. The van der Waals surface area contributed by atoms with Crippen LogP contribution < -0.4 is 5.32 Å². The van der Waals surface area contributed by atoms with E-state index in [9.17, 15) is 9.59 Å². The van der Waals surface area contributed by atoms with Gasteiger partial charge in [0.25, 0.3) is 5.91 Å². The van der Waals surface area contributed by atoms with Crippen molar-refractivity contribution in [2.45, 2.75) is 23.7 Å². The zero-order valence-corrected chi connectivity index (χ0v) is 15.2. The summed E-state index contributed by atoms with van der Waals surface area (Å²) in [6.07, 6.45) is 3.31. The van der Waals surface area contributed by atoms with Crippen molar-refractivity contribution in [1.82, 2.24) is 15.1 Å². The number of benzene rings is 1. The van der Waals surface area contributed by atoms with Gasteiger partial charge in [-0.05, 0) is 24.1 Å². The Hall–Kier alpha value is -2.19. The Morgan fingerprint density at radius 1 is 1.44 bits per heavy atom. The van der Waals surface area contributed by atoms with Crippen LogP contribution in [0.1, 0.15) is 28.8 Å². The lowest BCUT2D eigenvalue weighted by molar-refractivity contribution is -0.128. The predicted molar refractivity (Wildman–Crippen MR) is 99.9 cm³/mol. The first-order valence-electron chi connectivity index (χ1n) is 7.91. The van der Waals surface area contributed by atoms with Crippen molar-refractivity contribution < 1.29 is 9.59 Å². The van der Waals surface area contributed by atoms with Crippen LogP contribution in [0.15, 0.2) is 41.3 Å². The van der Waals surface area contributed by atoms with E-state index in [1.54, 1.807) is 12.1 Å². The van der Waals surface area contributed by atoms with Crippen molar-refractivity contribution in [2.24, 2.45) is 0 Å². The van der Waals surface area contributed by atoms with Crippen molar-refractivity contribution in [2.75, 3.05) is 17.6 Å². The van der Waals surface area contributed by atoms with Gasteiger partial charge in [-0.1, -0.05) is 41.3 Å². The van der Waals surface area contributed by atoms with Gasteiger partial charge in [-0.15, -0.1) is 16.8 Å². The number of nitrogens with one attached hydrogen (secondary N) is 1. The van der Waals surface area contributed by atoms with Gasteiger partial charge in [0.2, 0.25) is 11.0 Å². The molecule has 130 valence electrons. The first kappa shape index (κ1) is 17.6. The van der Waals surface area contributed by atoms with Crippen LogP contribution in [0.3, 0.4) is 0 Å². The standard InChI is InChI=1S/C17H18N4O2S2/c1-2-9-24-17-20-19-16(25-17)18-15(23)13-6-3-5-12(10-13)11-21-8-4-7-14(21)22/h2-3,5-6,10H,1,4,7-9,11H2,(H,18,19,23). The largest absolute Gasteiger partial charge is 0.338 e. The van der Waals surface area contributed by atoms with Gasteiger partial charge in [-0.2, -0.15) is 0 Å². The van der Waals surface area contributed by atoms with E-state index in [0.717, 1.165) is 28.6 Å². The van der Waals surface area contributed by atoms with Gasteiger partial charge in [0.15, 0.2) is 4.34 Å². The lowest BCUT2D eigenvalue weighted by Gasteiger charge is -2.15. The normalized spacial score (nSPS) is 13.9. The number of amides is 2. The maximum Gasteiger partial charge on any atom is 0.257 e. The van der Waals surface area contributed by atoms with Crippen LogP contribution in [0.4, 0.5) is 5.13 Å². The van der Waals surface area contributed by atoms with Crippen molar-refractivity contribution in [1.29, 1.82) is 0 Å². The van der Waals surface area contributed by atoms with E-state index < -0.39 is 0 Å². The van der Waals surface area contributed by atoms with E-state index in [-0.39, 0.29) is 11.8 Å². The summed E-state index contributed by atoms with van der Waals surface area (Å²) in [6.45, 7) is 4.99. The number of thioether (sulfide) groups is 1. The Bertz CT molecular complexity index is 790. The lowest BCUT2D eigenvalue weighted by atomic mass is 10.1. The molecule has 1 aliphatic heterocycles. The number of hydrogen-bond acceptors (Lipinski definition) is 6. The van der Waals surface area contributed by atoms with Crippen LogP contribution in [0, 0.1) is 0 Å². The number of rotatable bonds is 7. The fourth-order valence-electron chi connectivity index (χ4n) is 2.52. The Labute approximate surface area is 154 Å². The highest BCUT2D eigenvalue weighted by molar-refractivity contribution is 8.01. The highest BCUT2D eigenvalue weighted by Gasteiger charge is 2.20. The summed E-state index contributed by atoms with van der Waals surface area (Å²) in [5.41, 5.74) is 1.49. The number of carbonyl (C=O) groups excluding carboxylic acids is 2.